The van der Waals surface area contributed by atoms with E-state index in [4.69, 9.17) is 15.3 Å². The van der Waals surface area contributed by atoms with E-state index >= 15 is 0 Å². The molecule has 8 rings (SSSR count). The highest BCUT2D eigenvalue weighted by molar-refractivity contribution is 6.07. The minimum atomic E-state index is -0.589. The quantitative estimate of drug-likeness (QED) is 0.0981. The molecule has 5 amide bonds. The maximum atomic E-state index is 13.2. The second kappa shape index (κ2) is 23.7. The zero-order valence-electron chi connectivity index (χ0n) is 42.6. The van der Waals surface area contributed by atoms with E-state index in [1.165, 1.54) is 27.1 Å². The molecule has 19 heteroatoms. The van der Waals surface area contributed by atoms with E-state index in [0.29, 0.717) is 58.1 Å². The molecular formula is C56H55N13O6. The molecule has 380 valence electrons. The van der Waals surface area contributed by atoms with Gasteiger partial charge in [0.15, 0.2) is 0 Å². The minimum absolute atomic E-state index is 0.0906. The molecule has 19 nitrogen and oxygen atoms in total. The first-order valence-corrected chi connectivity index (χ1v) is 23.9. The number of amides is 5. The highest BCUT2D eigenvalue weighted by atomic mass is 16.6. The average molecular weight is 1010 g/mol. The molecular weight excluding hydrogens is 951 g/mol. The topological polar surface area (TPSA) is 236 Å². The number of ether oxygens (including phenoxy) is 1. The van der Waals surface area contributed by atoms with Crippen LogP contribution in [0.5, 0.6) is 0 Å². The second-order valence-corrected chi connectivity index (χ2v) is 18.3. The van der Waals surface area contributed by atoms with Crippen molar-refractivity contribution in [3.8, 4) is 34.4 Å². The maximum absolute atomic E-state index is 13.2. The number of carbonyl (C=O) groups is 5. The van der Waals surface area contributed by atoms with Gasteiger partial charge in [-0.15, -0.1) is 0 Å². The molecule has 0 aliphatic rings. The summed E-state index contributed by atoms with van der Waals surface area (Å²) >= 11 is 0. The molecule has 0 aliphatic heterocycles. The van der Waals surface area contributed by atoms with Crippen molar-refractivity contribution in [1.82, 2.24) is 44.7 Å². The number of nitrogens with one attached hydrogen (secondary N) is 2. The number of nitrogens with zero attached hydrogens (tertiary/aromatic N) is 11. The summed E-state index contributed by atoms with van der Waals surface area (Å²) in [6.45, 7) is 8.71. The van der Waals surface area contributed by atoms with Crippen LogP contribution in [-0.2, 0) is 4.74 Å². The number of hydrogen-bond donors (Lipinski definition) is 2. The second-order valence-electron chi connectivity index (χ2n) is 18.3. The zero-order valence-corrected chi connectivity index (χ0v) is 42.6. The van der Waals surface area contributed by atoms with Crippen molar-refractivity contribution in [2.24, 2.45) is 0 Å². The number of rotatable bonds is 14. The van der Waals surface area contributed by atoms with Crippen LogP contribution in [0.4, 0.5) is 16.4 Å². The largest absolute Gasteiger partial charge is 0.444 e. The average Bonchev–Trinajstić information content (AvgIpc) is 4.06. The number of anilines is 2. The Morgan fingerprint density at radius 2 is 1.04 bits per heavy atom. The Kier molecular flexibility index (Phi) is 16.7. The molecule has 2 N–H and O–H groups in total. The molecule has 0 unspecified atom stereocenters. The highest BCUT2D eigenvalue weighted by Crippen LogP contribution is 2.28. The third-order valence-corrected chi connectivity index (χ3v) is 11.8. The standard InChI is InChI=1S/C30H31N7O4.C26H24N6O2/c1-30(2,3)41-29(40)35(4)15-13-32-27(38)22-9-7-21(8-10-22)24-19-34-37-14-12-23(16-25(24)37)28(39)36(5)26-11-6-20(17-31)18-33-26;1-3-4-12-28-25(33)20-8-6-19(7-9-20)22-17-30-32-13-11-21(14-23(22)32)26(34)31(2)24-10-5-18(15-27)16-29-24/h6-12,14,16,18-19H,13,15H2,1-5H3,(H,32,38);5-11,13-14,16-17H,3-4,12H2,1-2H3,(H,28,33). The van der Waals surface area contributed by atoms with Crippen molar-refractivity contribution in [3.05, 3.63) is 168 Å². The van der Waals surface area contributed by atoms with Gasteiger partial charge in [-0.2, -0.15) is 20.7 Å². The number of likely N-dealkylation sites (N-methyl/N-ethyl adjacent to an activating group) is 1. The van der Waals surface area contributed by atoms with E-state index in [0.717, 1.165) is 46.1 Å². The van der Waals surface area contributed by atoms with Gasteiger partial charge in [-0.1, -0.05) is 37.6 Å². The lowest BCUT2D eigenvalue weighted by atomic mass is 10.0. The number of aromatic nitrogens is 6. The molecule has 0 atom stereocenters. The summed E-state index contributed by atoms with van der Waals surface area (Å²) in [7, 11) is 4.88. The fourth-order valence-electron chi connectivity index (χ4n) is 7.52. The summed E-state index contributed by atoms with van der Waals surface area (Å²) in [5, 5.41) is 32.4. The number of carbonyl (C=O) groups excluding carboxylic acids is 5. The van der Waals surface area contributed by atoms with Gasteiger partial charge in [-0.3, -0.25) is 29.0 Å². The van der Waals surface area contributed by atoms with Gasteiger partial charge < -0.3 is 20.3 Å². The van der Waals surface area contributed by atoms with Crippen molar-refractivity contribution in [2.45, 2.75) is 46.1 Å². The number of unbranched alkanes of at least 4 members (excludes halogenated alkanes) is 1. The van der Waals surface area contributed by atoms with Crippen LogP contribution in [-0.4, -0.2) is 110 Å². The van der Waals surface area contributed by atoms with Gasteiger partial charge in [-0.25, -0.2) is 23.8 Å². The fraction of sp³-hybridized carbons (Fsp3) is 0.232. The number of fused-ring (bicyclic) bond motifs is 2. The van der Waals surface area contributed by atoms with E-state index in [1.807, 2.05) is 36.4 Å². The lowest BCUT2D eigenvalue weighted by molar-refractivity contribution is 0.0298. The van der Waals surface area contributed by atoms with Gasteiger partial charge in [0.25, 0.3) is 23.6 Å². The van der Waals surface area contributed by atoms with Gasteiger partial charge in [0.1, 0.15) is 29.4 Å². The van der Waals surface area contributed by atoms with Crippen LogP contribution >= 0.6 is 0 Å². The monoisotopic (exact) mass is 1010 g/mol. The van der Waals surface area contributed by atoms with Gasteiger partial charge in [0.05, 0.1) is 34.6 Å². The summed E-state index contributed by atoms with van der Waals surface area (Å²) < 4.78 is 8.70. The molecule has 0 spiro atoms. The number of benzene rings is 2. The molecule has 6 heterocycles. The van der Waals surface area contributed by atoms with Crippen molar-refractivity contribution < 1.29 is 28.7 Å². The van der Waals surface area contributed by atoms with Gasteiger partial charge in [0, 0.05) is 98.9 Å². The van der Waals surface area contributed by atoms with Crippen molar-refractivity contribution in [1.29, 1.82) is 10.5 Å². The SMILES string of the molecule is CCCCNC(=O)c1ccc(-c2cnn3ccc(C(=O)N(C)c4ccc(C#N)cn4)cc23)cc1.CN(CCNC(=O)c1ccc(-c2cnn3ccc(C(=O)N(C)c4ccc(C#N)cn4)cc23)cc1)C(=O)OC(C)(C)C. The van der Waals surface area contributed by atoms with Crippen molar-refractivity contribution >= 4 is 52.4 Å². The predicted molar refractivity (Wildman–Crippen MR) is 283 cm³/mol. The van der Waals surface area contributed by atoms with Crippen LogP contribution in [0.1, 0.15) is 93.1 Å². The summed E-state index contributed by atoms with van der Waals surface area (Å²) in [6, 6.07) is 31.9. The van der Waals surface area contributed by atoms with Crippen LogP contribution in [0.2, 0.25) is 0 Å². The minimum Gasteiger partial charge on any atom is -0.444 e. The Morgan fingerprint density at radius 1 is 0.600 bits per heavy atom. The van der Waals surface area contributed by atoms with E-state index < -0.39 is 11.7 Å². The van der Waals surface area contributed by atoms with E-state index in [2.05, 4.69) is 37.7 Å². The maximum Gasteiger partial charge on any atom is 0.410 e. The van der Waals surface area contributed by atoms with Crippen LogP contribution in [0, 0.1) is 22.7 Å². The Hall–Kier alpha value is -9.75. The molecule has 75 heavy (non-hydrogen) atoms. The molecule has 6 aromatic heterocycles. The lowest BCUT2D eigenvalue weighted by Crippen LogP contribution is -2.39. The molecule has 0 fully saturated rings. The van der Waals surface area contributed by atoms with Gasteiger partial charge in [0.2, 0.25) is 0 Å². The molecule has 0 bridgehead atoms. The normalized spacial score (nSPS) is 10.8. The Bertz CT molecular complexity index is 3440. The van der Waals surface area contributed by atoms with Crippen LogP contribution < -0.4 is 20.4 Å². The van der Waals surface area contributed by atoms with Crippen LogP contribution in [0.25, 0.3) is 33.3 Å². The Balaban J connectivity index is 0.000000222. The summed E-state index contributed by atoms with van der Waals surface area (Å²) in [6.07, 6.45) is 11.3. The van der Waals surface area contributed by atoms with Crippen molar-refractivity contribution in [3.63, 3.8) is 0 Å². The van der Waals surface area contributed by atoms with E-state index in [-0.39, 0.29) is 30.2 Å². The molecule has 0 aliphatic carbocycles. The fourth-order valence-corrected chi connectivity index (χ4v) is 7.52. The zero-order chi connectivity index (χ0) is 53.8. The first-order valence-electron chi connectivity index (χ1n) is 23.9. The van der Waals surface area contributed by atoms with E-state index in [1.54, 1.807) is 149 Å². The number of pyridine rings is 4. The molecule has 0 radical (unpaired) electrons. The smallest absolute Gasteiger partial charge is 0.410 e. The number of hydrogen-bond acceptors (Lipinski definition) is 12. The summed E-state index contributed by atoms with van der Waals surface area (Å²) in [5.41, 5.74) is 7.11. The Labute approximate surface area is 433 Å². The predicted octanol–water partition coefficient (Wildman–Crippen LogP) is 8.22. The first kappa shape index (κ1) is 53.1. The van der Waals surface area contributed by atoms with Crippen LogP contribution in [0.3, 0.4) is 0 Å². The molecule has 2 aromatic carbocycles. The summed E-state index contributed by atoms with van der Waals surface area (Å²) in [5.74, 6) is 0.0269. The Morgan fingerprint density at radius 3 is 1.43 bits per heavy atom. The number of nitriles is 2. The first-order chi connectivity index (χ1) is 36.0. The third kappa shape index (κ3) is 13.0. The highest BCUT2D eigenvalue weighted by Gasteiger charge is 2.21. The third-order valence-electron chi connectivity index (χ3n) is 11.8. The molecule has 8 aromatic rings. The molecule has 0 saturated carbocycles. The molecule has 0 saturated heterocycles. The van der Waals surface area contributed by atoms with Crippen LogP contribution in [0.15, 0.2) is 134 Å². The lowest BCUT2D eigenvalue weighted by Gasteiger charge is -2.24. The van der Waals surface area contributed by atoms with Crippen molar-refractivity contribution in [2.75, 3.05) is 50.6 Å². The van der Waals surface area contributed by atoms with E-state index in [9.17, 15) is 24.0 Å². The summed E-state index contributed by atoms with van der Waals surface area (Å²) in [4.78, 5) is 75.9. The van der Waals surface area contributed by atoms with Gasteiger partial charge >= 0.3 is 6.09 Å². The van der Waals surface area contributed by atoms with Gasteiger partial charge in [-0.05, 0) is 111 Å².